The lowest BCUT2D eigenvalue weighted by molar-refractivity contribution is -0.903. The molecule has 0 amide bonds. The Hall–Kier alpha value is -1.75. The molecule has 3 rings (SSSR count). The van der Waals surface area contributed by atoms with Gasteiger partial charge < -0.3 is 19.6 Å². The standard InChI is InChI=1S/C23H31ClN2O2/c1-3-4-19-6-9-22(10-7-19)28-17-21(27)16-25-11-13-26(14-12-25)23-15-20(24)8-5-18(23)2/h5-10,15,21,27H,3-4,11-14,16-17H2,1-2H3/p+1/t21-/m0/s1. The molecule has 0 unspecified atom stereocenters. The van der Waals surface area contributed by atoms with Crippen LogP contribution in [0.4, 0.5) is 5.69 Å². The molecule has 1 heterocycles. The zero-order valence-electron chi connectivity index (χ0n) is 17.0. The third kappa shape index (κ3) is 5.87. The lowest BCUT2D eigenvalue weighted by atomic mass is 10.1. The molecule has 2 aromatic rings. The van der Waals surface area contributed by atoms with E-state index in [1.807, 2.05) is 18.2 Å². The van der Waals surface area contributed by atoms with Gasteiger partial charge in [-0.15, -0.1) is 0 Å². The summed E-state index contributed by atoms with van der Waals surface area (Å²) in [6.07, 6.45) is 1.78. The largest absolute Gasteiger partial charge is 0.491 e. The summed E-state index contributed by atoms with van der Waals surface area (Å²) in [7, 11) is 0. The molecule has 0 aromatic heterocycles. The molecule has 0 aliphatic carbocycles. The zero-order chi connectivity index (χ0) is 19.9. The summed E-state index contributed by atoms with van der Waals surface area (Å²) in [6.45, 7) is 9.33. The second-order valence-electron chi connectivity index (χ2n) is 7.73. The molecule has 0 spiro atoms. The number of nitrogens with one attached hydrogen (secondary N) is 1. The van der Waals surface area contributed by atoms with Crippen LogP contribution in [0.15, 0.2) is 42.5 Å². The van der Waals surface area contributed by atoms with Crippen molar-refractivity contribution >= 4 is 17.3 Å². The predicted molar refractivity (Wildman–Crippen MR) is 116 cm³/mol. The number of aliphatic hydroxyl groups is 1. The fraction of sp³-hybridized carbons (Fsp3) is 0.478. The molecule has 2 aromatic carbocycles. The molecular weight excluding hydrogens is 372 g/mol. The number of aryl methyl sites for hydroxylation is 2. The normalized spacial score (nSPS) is 16.2. The minimum absolute atomic E-state index is 0.341. The molecule has 28 heavy (non-hydrogen) atoms. The highest BCUT2D eigenvalue weighted by atomic mass is 35.5. The molecule has 1 aliphatic heterocycles. The molecule has 1 atom stereocenters. The summed E-state index contributed by atoms with van der Waals surface area (Å²) in [4.78, 5) is 3.82. The van der Waals surface area contributed by atoms with Gasteiger partial charge in [0.2, 0.25) is 0 Å². The molecule has 4 nitrogen and oxygen atoms in total. The molecule has 0 bridgehead atoms. The number of hydrogen-bond acceptors (Lipinski definition) is 3. The van der Waals surface area contributed by atoms with E-state index < -0.39 is 6.10 Å². The van der Waals surface area contributed by atoms with Crippen LogP contribution < -0.4 is 14.5 Å². The molecule has 0 radical (unpaired) electrons. The predicted octanol–water partition coefficient (Wildman–Crippen LogP) is 2.75. The second-order valence-corrected chi connectivity index (χ2v) is 8.17. The average Bonchev–Trinajstić information content (AvgIpc) is 2.70. The Kier molecular flexibility index (Phi) is 7.60. The summed E-state index contributed by atoms with van der Waals surface area (Å²) in [6, 6.07) is 14.3. The molecule has 1 aliphatic rings. The molecule has 2 N–H and O–H groups in total. The van der Waals surface area contributed by atoms with Crippen LogP contribution in [-0.2, 0) is 6.42 Å². The fourth-order valence-electron chi connectivity index (χ4n) is 3.82. The number of ether oxygens (including phenoxy) is 1. The van der Waals surface area contributed by atoms with E-state index in [1.165, 1.54) is 21.7 Å². The Morgan fingerprint density at radius 3 is 2.54 bits per heavy atom. The monoisotopic (exact) mass is 403 g/mol. The lowest BCUT2D eigenvalue weighted by Crippen LogP contribution is -3.16. The first-order valence-corrected chi connectivity index (χ1v) is 10.7. The van der Waals surface area contributed by atoms with Gasteiger partial charge in [0.05, 0.1) is 26.2 Å². The van der Waals surface area contributed by atoms with Crippen LogP contribution in [0.5, 0.6) is 5.75 Å². The molecule has 0 saturated carbocycles. The maximum Gasteiger partial charge on any atom is 0.137 e. The van der Waals surface area contributed by atoms with Crippen LogP contribution in [0, 0.1) is 6.92 Å². The van der Waals surface area contributed by atoms with Gasteiger partial charge in [-0.2, -0.15) is 0 Å². The van der Waals surface area contributed by atoms with Crippen LogP contribution in [0.2, 0.25) is 5.02 Å². The highest BCUT2D eigenvalue weighted by molar-refractivity contribution is 6.30. The highest BCUT2D eigenvalue weighted by Crippen LogP contribution is 2.24. The first kappa shape index (κ1) is 21.0. The van der Waals surface area contributed by atoms with Crippen molar-refractivity contribution in [3.05, 3.63) is 58.6 Å². The van der Waals surface area contributed by atoms with Gasteiger partial charge in [0.15, 0.2) is 0 Å². The minimum atomic E-state index is -0.454. The van der Waals surface area contributed by atoms with Crippen molar-refractivity contribution in [2.75, 3.05) is 44.2 Å². The van der Waals surface area contributed by atoms with Crippen LogP contribution in [-0.4, -0.2) is 50.5 Å². The SMILES string of the molecule is CCCc1ccc(OC[C@@H](O)C[NH+]2CCN(c3cc(Cl)ccc3C)CC2)cc1. The third-order valence-corrected chi connectivity index (χ3v) is 5.65. The van der Waals surface area contributed by atoms with E-state index in [0.29, 0.717) is 6.61 Å². The van der Waals surface area contributed by atoms with E-state index in [0.717, 1.165) is 56.3 Å². The second kappa shape index (κ2) is 10.1. The maximum atomic E-state index is 10.4. The molecular formula is C23H32ClN2O2+. The Labute approximate surface area is 173 Å². The first-order valence-electron chi connectivity index (χ1n) is 10.3. The molecule has 1 fully saturated rings. The number of halogens is 1. The smallest absolute Gasteiger partial charge is 0.137 e. The van der Waals surface area contributed by atoms with E-state index in [-0.39, 0.29) is 0 Å². The number of benzene rings is 2. The van der Waals surface area contributed by atoms with Gasteiger partial charge in [0.25, 0.3) is 0 Å². The van der Waals surface area contributed by atoms with Gasteiger partial charge in [-0.05, 0) is 48.7 Å². The summed E-state index contributed by atoms with van der Waals surface area (Å²) >= 11 is 6.16. The van der Waals surface area contributed by atoms with Crippen molar-refractivity contribution in [1.29, 1.82) is 0 Å². The number of anilines is 1. The van der Waals surface area contributed by atoms with E-state index in [2.05, 4.69) is 43.0 Å². The van der Waals surface area contributed by atoms with Crippen molar-refractivity contribution < 1.29 is 14.7 Å². The topological polar surface area (TPSA) is 37.1 Å². The molecule has 5 heteroatoms. The Morgan fingerprint density at radius 2 is 1.86 bits per heavy atom. The maximum absolute atomic E-state index is 10.4. The van der Waals surface area contributed by atoms with Crippen LogP contribution >= 0.6 is 11.6 Å². The zero-order valence-corrected chi connectivity index (χ0v) is 17.7. The number of hydrogen-bond donors (Lipinski definition) is 2. The van der Waals surface area contributed by atoms with E-state index in [1.54, 1.807) is 0 Å². The van der Waals surface area contributed by atoms with Crippen molar-refractivity contribution in [2.45, 2.75) is 32.8 Å². The number of rotatable bonds is 8. The number of quaternary nitrogens is 1. The summed E-state index contributed by atoms with van der Waals surface area (Å²) in [5.74, 6) is 0.829. The number of piperazine rings is 1. The van der Waals surface area contributed by atoms with Crippen molar-refractivity contribution in [1.82, 2.24) is 0 Å². The summed E-state index contributed by atoms with van der Waals surface area (Å²) in [5, 5.41) is 11.2. The average molecular weight is 404 g/mol. The Bertz CT molecular complexity index is 743. The van der Waals surface area contributed by atoms with Gasteiger partial charge >= 0.3 is 0 Å². The van der Waals surface area contributed by atoms with Crippen LogP contribution in [0.3, 0.4) is 0 Å². The number of nitrogens with zero attached hydrogens (tertiary/aromatic N) is 1. The highest BCUT2D eigenvalue weighted by Gasteiger charge is 2.23. The molecule has 1 saturated heterocycles. The van der Waals surface area contributed by atoms with E-state index >= 15 is 0 Å². The summed E-state index contributed by atoms with van der Waals surface area (Å²) in [5.41, 5.74) is 3.81. The van der Waals surface area contributed by atoms with E-state index in [4.69, 9.17) is 16.3 Å². The Balaban J connectivity index is 1.42. The van der Waals surface area contributed by atoms with Gasteiger partial charge in [-0.3, -0.25) is 0 Å². The minimum Gasteiger partial charge on any atom is -0.491 e. The third-order valence-electron chi connectivity index (χ3n) is 5.41. The number of aliphatic hydroxyl groups excluding tert-OH is 1. The fourth-order valence-corrected chi connectivity index (χ4v) is 3.98. The Morgan fingerprint density at radius 1 is 1.14 bits per heavy atom. The van der Waals surface area contributed by atoms with Gasteiger partial charge in [-0.25, -0.2) is 0 Å². The lowest BCUT2D eigenvalue weighted by Gasteiger charge is -2.35. The van der Waals surface area contributed by atoms with Gasteiger partial charge in [0, 0.05) is 10.7 Å². The van der Waals surface area contributed by atoms with E-state index in [9.17, 15) is 5.11 Å². The van der Waals surface area contributed by atoms with Gasteiger partial charge in [0.1, 0.15) is 25.0 Å². The van der Waals surface area contributed by atoms with Crippen molar-refractivity contribution in [3.63, 3.8) is 0 Å². The summed E-state index contributed by atoms with van der Waals surface area (Å²) < 4.78 is 5.77. The van der Waals surface area contributed by atoms with Crippen LogP contribution in [0.25, 0.3) is 0 Å². The van der Waals surface area contributed by atoms with Crippen LogP contribution in [0.1, 0.15) is 24.5 Å². The van der Waals surface area contributed by atoms with Crippen molar-refractivity contribution in [2.24, 2.45) is 0 Å². The molecule has 152 valence electrons. The quantitative estimate of drug-likeness (QED) is 0.711. The van der Waals surface area contributed by atoms with Gasteiger partial charge in [-0.1, -0.05) is 43.1 Å². The van der Waals surface area contributed by atoms with Crippen molar-refractivity contribution in [3.8, 4) is 5.75 Å². The first-order chi connectivity index (χ1) is 13.5.